The quantitative estimate of drug-likeness (QED) is 0.0727. The van der Waals surface area contributed by atoms with E-state index >= 15 is 0 Å². The first-order valence-electron chi connectivity index (χ1n) is 31.2. The summed E-state index contributed by atoms with van der Waals surface area (Å²) >= 11 is 9.02. The van der Waals surface area contributed by atoms with Crippen LogP contribution in [0, 0.1) is 50.7 Å². The first-order valence-corrected chi connectivity index (χ1v) is 36.2. The Labute approximate surface area is 539 Å². The summed E-state index contributed by atoms with van der Waals surface area (Å²) in [6.07, 6.45) is 17.6. The van der Waals surface area contributed by atoms with Crippen LogP contribution in [0.25, 0.3) is 0 Å². The maximum atomic E-state index is 12.5. The van der Waals surface area contributed by atoms with Crippen LogP contribution in [0.1, 0.15) is 267 Å². The van der Waals surface area contributed by atoms with Crippen LogP contribution >= 0.6 is 58.8 Å². The molecule has 0 aromatic heterocycles. The molecule has 0 aliphatic carbocycles. The second-order valence-electron chi connectivity index (χ2n) is 30.2. The lowest BCUT2D eigenvalue weighted by Crippen LogP contribution is -2.38. The number of methoxy groups -OCH3 is 2. The van der Waals surface area contributed by atoms with Gasteiger partial charge in [0.25, 0.3) is 0 Å². The van der Waals surface area contributed by atoms with Crippen molar-refractivity contribution in [3.05, 3.63) is 69.2 Å². The van der Waals surface area contributed by atoms with Gasteiger partial charge in [-0.2, -0.15) is 0 Å². The normalized spacial score (nSPS) is 12.0. The lowest BCUT2D eigenvalue weighted by atomic mass is 9.90. The van der Waals surface area contributed by atoms with Gasteiger partial charge in [-0.25, -0.2) is 4.79 Å². The number of thioether (sulfide) groups is 5. The number of aryl methyl sites for hydroxylation is 1. The first kappa shape index (κ1) is 87.9. The topological polar surface area (TPSA) is 73.9 Å². The minimum atomic E-state index is -0.666. The number of rotatable bonds is 31. The minimum Gasteiger partial charge on any atom is -0.493 e. The van der Waals surface area contributed by atoms with E-state index in [2.05, 4.69) is 184 Å². The van der Waals surface area contributed by atoms with Crippen molar-refractivity contribution in [1.82, 2.24) is 5.32 Å². The number of allylic oxidation sites excluding steroid dienone is 4. The molecule has 0 fully saturated rings. The molecule has 0 saturated heterocycles. The summed E-state index contributed by atoms with van der Waals surface area (Å²) in [5.41, 5.74) is 3.55. The number of amides is 1. The number of hydrogen-bond acceptors (Lipinski definition) is 10. The van der Waals surface area contributed by atoms with E-state index in [-0.39, 0.29) is 29.1 Å². The molecule has 1 rings (SSSR count). The Morgan fingerprint density at radius 3 is 1.28 bits per heavy atom. The van der Waals surface area contributed by atoms with Gasteiger partial charge in [0.05, 0.1) is 19.6 Å². The molecule has 83 heavy (non-hydrogen) atoms. The molecule has 1 aromatic rings. The van der Waals surface area contributed by atoms with Gasteiger partial charge in [0.1, 0.15) is 6.61 Å². The number of alkyl carbamates (subject to hydrolysis) is 1. The molecule has 0 radical (unpaired) electrons. The van der Waals surface area contributed by atoms with Crippen molar-refractivity contribution in [1.29, 1.82) is 0 Å². The van der Waals surface area contributed by atoms with Gasteiger partial charge in [0.15, 0.2) is 16.6 Å². The summed E-state index contributed by atoms with van der Waals surface area (Å²) in [4.78, 5) is 29.8. The van der Waals surface area contributed by atoms with E-state index in [9.17, 15) is 9.59 Å². The fourth-order valence-electron chi connectivity index (χ4n) is 6.76. The van der Waals surface area contributed by atoms with E-state index in [1.807, 2.05) is 73.9 Å². The van der Waals surface area contributed by atoms with E-state index in [4.69, 9.17) is 14.2 Å². The summed E-state index contributed by atoms with van der Waals surface area (Å²) in [6, 6.07) is 3.63. The third-order valence-electron chi connectivity index (χ3n) is 12.9. The van der Waals surface area contributed by atoms with Crippen molar-refractivity contribution < 1.29 is 23.8 Å². The monoisotopic (exact) mass is 1250 g/mol. The smallest absolute Gasteiger partial charge is 0.407 e. The molecule has 0 unspecified atom stereocenters. The highest BCUT2D eigenvalue weighted by Gasteiger charge is 2.29. The van der Waals surface area contributed by atoms with E-state index in [1.54, 1.807) is 20.3 Å². The Kier molecular flexibility index (Phi) is 48.4. The van der Waals surface area contributed by atoms with Crippen molar-refractivity contribution in [3.8, 4) is 11.5 Å². The van der Waals surface area contributed by atoms with Crippen LogP contribution in [0.4, 0.5) is 4.79 Å². The fourth-order valence-corrected chi connectivity index (χ4v) is 11.6. The molecule has 0 aliphatic heterocycles. The molecule has 1 amide bonds. The summed E-state index contributed by atoms with van der Waals surface area (Å²) in [6.45, 7) is 71.5. The first-order chi connectivity index (χ1) is 37.7. The van der Waals surface area contributed by atoms with Gasteiger partial charge in [-0.15, -0.1) is 47.0 Å². The molecule has 6 nitrogen and oxygen atoms in total. The molecule has 0 aliphatic rings. The average Bonchev–Trinajstić information content (AvgIpc) is 3.35. The summed E-state index contributed by atoms with van der Waals surface area (Å²) < 4.78 is 15.9. The van der Waals surface area contributed by atoms with E-state index < -0.39 is 11.5 Å². The van der Waals surface area contributed by atoms with Crippen LogP contribution in [0.15, 0.2) is 58.1 Å². The van der Waals surface area contributed by atoms with Crippen LogP contribution in [0.5, 0.6) is 11.5 Å². The molecule has 11 heteroatoms. The molecule has 0 atom stereocenters. The van der Waals surface area contributed by atoms with Crippen LogP contribution in [0.3, 0.4) is 0 Å². The predicted molar refractivity (Wildman–Crippen MR) is 388 cm³/mol. The Bertz CT molecular complexity index is 1930. The van der Waals surface area contributed by atoms with Crippen LogP contribution in [-0.2, 0) is 16.1 Å². The Morgan fingerprint density at radius 2 is 0.916 bits per heavy atom. The zero-order chi connectivity index (χ0) is 65.5. The van der Waals surface area contributed by atoms with Gasteiger partial charge in [-0.3, -0.25) is 4.79 Å². The highest BCUT2D eigenvalue weighted by molar-refractivity contribution is 8.13. The second-order valence-corrected chi connectivity index (χ2v) is 36.4. The highest BCUT2D eigenvalue weighted by Crippen LogP contribution is 2.35. The lowest BCUT2D eigenvalue weighted by Gasteiger charge is -2.24. The highest BCUT2D eigenvalue weighted by atomic mass is 32.2. The summed E-state index contributed by atoms with van der Waals surface area (Å²) in [7, 11) is 3.13. The van der Waals surface area contributed by atoms with Gasteiger partial charge in [0, 0.05) is 12.3 Å². The molecule has 1 N–H and O–H groups in total. The number of ether oxygens (including phenoxy) is 3. The van der Waals surface area contributed by atoms with Crippen molar-refractivity contribution in [3.63, 3.8) is 0 Å². The second kappa shape index (κ2) is 45.7. The molecule has 1 aromatic carbocycles. The average molecular weight is 1260 g/mol. The molecule has 488 valence electrons. The van der Waals surface area contributed by atoms with E-state index in [1.165, 1.54) is 131 Å². The van der Waals surface area contributed by atoms with E-state index in [0.717, 1.165) is 29.7 Å². The number of unbranched alkanes of at least 4 members (excludes halogenated alkanes) is 4. The summed E-state index contributed by atoms with van der Waals surface area (Å²) in [5, 5.41) is 2.77. The largest absolute Gasteiger partial charge is 0.493 e. The van der Waals surface area contributed by atoms with Crippen molar-refractivity contribution >= 4 is 70.0 Å². The number of benzene rings is 1. The van der Waals surface area contributed by atoms with Crippen LogP contribution < -0.4 is 14.8 Å². The third kappa shape index (κ3) is 60.5. The molecule has 0 bridgehead atoms. The molecular weight excluding hydrogens is 1120 g/mol. The third-order valence-corrected chi connectivity index (χ3v) is 19.1. The lowest BCUT2D eigenvalue weighted by molar-refractivity contribution is -0.117. The molecule has 0 heterocycles. The van der Waals surface area contributed by atoms with Crippen LogP contribution in [0.2, 0.25) is 0 Å². The van der Waals surface area contributed by atoms with Crippen LogP contribution in [-0.4, -0.2) is 60.7 Å². The fraction of sp³-hybridized carbons (Fsp3) is 0.778. The molecular formula is C72H135NO5S5. The van der Waals surface area contributed by atoms with E-state index in [0.29, 0.717) is 39.1 Å². The number of carbonyl (C=O) groups is 2. The molecule has 0 saturated carbocycles. The number of hydrogen-bond donors (Lipinski definition) is 1. The Morgan fingerprint density at radius 1 is 0.530 bits per heavy atom. The predicted octanol–water partition coefficient (Wildman–Crippen LogP) is 24.9. The zero-order valence-corrected chi connectivity index (χ0v) is 63.6. The standard InChI is InChI=1S/C22H35NO5S.C14H28S.C13H26S.C12H24S.C11H22S/c1-15-11-17(26-7)18(27-8)12-16(15)13-28-20(25)23-14-22(5,6)19(24)29-10-9-21(2,3)4;1-12(14(5,6)7)15-11-9-8-10-13(2,3)4;1-11(2)12(3)14-10-8-7-9-13(4,5)6;1-6-11(2)13-10-8-7-9-12(3,4)5;1-10(2)12-9-7-6-8-11(3,4)5/h11-12H,9-10,13-14H2,1-8H3,(H,23,25);1,8-11H2,2-7H3;11H,3,7-10H2,1-2,4-6H3;2,6-10H2,1,3-5H3;1,6-9H2,2-5H3. The van der Waals surface area contributed by atoms with Crippen molar-refractivity contribution in [2.45, 2.75) is 270 Å². The van der Waals surface area contributed by atoms with Crippen molar-refractivity contribution in [2.75, 3.05) is 49.5 Å². The van der Waals surface area contributed by atoms with Gasteiger partial charge < -0.3 is 19.5 Å². The zero-order valence-electron chi connectivity index (χ0n) is 59.5. The van der Waals surface area contributed by atoms with Gasteiger partial charge in [-0.1, -0.05) is 223 Å². The summed E-state index contributed by atoms with van der Waals surface area (Å²) in [5.74, 6) is 7.57. The van der Waals surface area contributed by atoms with Gasteiger partial charge >= 0.3 is 6.09 Å². The van der Waals surface area contributed by atoms with Gasteiger partial charge in [0.2, 0.25) is 0 Å². The number of carbonyl (C=O) groups excluding carboxylic acids is 2. The maximum absolute atomic E-state index is 12.5. The number of nitrogens with one attached hydrogen (secondary N) is 1. The SMILES string of the molecule is C=C(C)SCCCCC(C)(C)C.C=C(CC)SCCCCC(C)(C)C.C=C(SCCCCC(C)(C)C)C(C)(C)C.C=C(SCCCCC(C)(C)C)C(C)C.COc1cc(C)c(COC(=O)NCC(C)(C)C(=O)SCCC(C)(C)C)cc1OC. The van der Waals surface area contributed by atoms with Gasteiger partial charge in [-0.05, 0) is 182 Å². The molecule has 0 spiro atoms. The Balaban J connectivity index is -0.000000497. The van der Waals surface area contributed by atoms with Crippen molar-refractivity contribution in [2.24, 2.45) is 43.8 Å². The minimum absolute atomic E-state index is 0.0674. The maximum Gasteiger partial charge on any atom is 0.407 e. The Hall–Kier alpha value is -1.53.